The van der Waals surface area contributed by atoms with Gasteiger partial charge in [-0.1, -0.05) is 63.3 Å². The molecule has 0 fully saturated rings. The molecule has 0 aliphatic heterocycles. The minimum absolute atomic E-state index is 0.0223. The smallest absolute Gasteiger partial charge is 0.243 e. The Labute approximate surface area is 124 Å². The number of amides is 1. The quantitative estimate of drug-likeness (QED) is 0.269. The molecule has 0 aromatic heterocycles. The van der Waals surface area contributed by atoms with Crippen molar-refractivity contribution in [1.82, 2.24) is 5.32 Å². The van der Waals surface area contributed by atoms with Crippen molar-refractivity contribution >= 4 is 5.91 Å². The van der Waals surface area contributed by atoms with Crippen LogP contribution in [0.15, 0.2) is 48.6 Å². The molecule has 0 rings (SSSR count). The number of carbonyl (C=O) groups is 1. The number of rotatable bonds is 10. The van der Waals surface area contributed by atoms with E-state index in [-0.39, 0.29) is 5.91 Å². The molecular weight excluding hydrogens is 246 g/mol. The van der Waals surface area contributed by atoms with Gasteiger partial charge in [0, 0.05) is 12.6 Å². The van der Waals surface area contributed by atoms with Gasteiger partial charge in [0.25, 0.3) is 0 Å². The largest absolute Gasteiger partial charge is 0.352 e. The van der Waals surface area contributed by atoms with Crippen molar-refractivity contribution in [1.29, 1.82) is 0 Å². The van der Waals surface area contributed by atoms with Crippen molar-refractivity contribution in [2.75, 3.05) is 6.54 Å². The fraction of sp³-hybridized carbons (Fsp3) is 0.500. The molecule has 0 unspecified atom stereocenters. The lowest BCUT2D eigenvalue weighted by atomic mass is 10.2. The molecule has 0 heterocycles. The van der Waals surface area contributed by atoms with Crippen LogP contribution in [-0.4, -0.2) is 12.5 Å². The average molecular weight is 275 g/mol. The summed E-state index contributed by atoms with van der Waals surface area (Å²) in [5.74, 6) is 0.466. The number of nitrogens with one attached hydrogen (secondary N) is 1. The van der Waals surface area contributed by atoms with Crippen LogP contribution in [0.2, 0.25) is 0 Å². The van der Waals surface area contributed by atoms with E-state index in [0.717, 1.165) is 32.2 Å². The van der Waals surface area contributed by atoms with E-state index >= 15 is 0 Å². The van der Waals surface area contributed by atoms with Gasteiger partial charge in [-0.3, -0.25) is 4.79 Å². The Morgan fingerprint density at radius 1 is 1.00 bits per heavy atom. The summed E-state index contributed by atoms with van der Waals surface area (Å²) in [7, 11) is 0. The summed E-state index contributed by atoms with van der Waals surface area (Å²) < 4.78 is 0. The normalized spacial score (nSPS) is 12.6. The summed E-state index contributed by atoms with van der Waals surface area (Å²) in [5, 5.41) is 2.84. The van der Waals surface area contributed by atoms with Crippen LogP contribution in [0.25, 0.3) is 0 Å². The van der Waals surface area contributed by atoms with E-state index in [1.54, 1.807) is 12.2 Å². The molecule has 112 valence electrons. The van der Waals surface area contributed by atoms with E-state index in [2.05, 4.69) is 56.5 Å². The van der Waals surface area contributed by atoms with Crippen molar-refractivity contribution in [3.05, 3.63) is 48.6 Å². The molecule has 0 saturated heterocycles. The highest BCUT2D eigenvalue weighted by Crippen LogP contribution is 1.96. The maximum absolute atomic E-state index is 11.4. The molecule has 0 spiro atoms. The van der Waals surface area contributed by atoms with Crippen molar-refractivity contribution in [2.45, 2.75) is 46.5 Å². The third-order valence-corrected chi connectivity index (χ3v) is 2.52. The van der Waals surface area contributed by atoms with Crippen molar-refractivity contribution < 1.29 is 4.79 Å². The number of unbranched alkanes of at least 4 members (excludes halogenated alkanes) is 1. The van der Waals surface area contributed by atoms with Crippen molar-refractivity contribution in [3.63, 3.8) is 0 Å². The topological polar surface area (TPSA) is 29.1 Å². The molecule has 0 saturated carbocycles. The maximum Gasteiger partial charge on any atom is 0.243 e. The second-order valence-electron chi connectivity index (χ2n) is 5.09. The second-order valence-corrected chi connectivity index (χ2v) is 5.09. The molecule has 0 aromatic rings. The predicted molar refractivity (Wildman–Crippen MR) is 88.5 cm³/mol. The molecule has 0 aliphatic carbocycles. The average Bonchev–Trinajstić information content (AvgIpc) is 2.42. The standard InChI is InChI=1S/C18H29NO/c1-4-5-6-7-8-9-10-11-12-13-14-15-18(20)19-16-17(2)3/h5-6,8-9,12-15,17H,4,7,10-11,16H2,1-3H3,(H,19,20)/b6-5?,9-8?,13-12+,15-14+. The molecule has 1 N–H and O–H groups in total. The highest BCUT2D eigenvalue weighted by molar-refractivity contribution is 5.87. The highest BCUT2D eigenvalue weighted by atomic mass is 16.1. The zero-order valence-electron chi connectivity index (χ0n) is 13.1. The summed E-state index contributed by atoms with van der Waals surface area (Å²) in [5.41, 5.74) is 0. The van der Waals surface area contributed by atoms with E-state index in [1.807, 2.05) is 6.08 Å². The zero-order valence-corrected chi connectivity index (χ0v) is 13.1. The summed E-state index contributed by atoms with van der Waals surface area (Å²) >= 11 is 0. The van der Waals surface area contributed by atoms with Crippen LogP contribution >= 0.6 is 0 Å². The van der Waals surface area contributed by atoms with Gasteiger partial charge in [-0.05, 0) is 31.6 Å². The Morgan fingerprint density at radius 2 is 1.70 bits per heavy atom. The molecule has 0 bridgehead atoms. The zero-order chi connectivity index (χ0) is 15.1. The molecule has 0 radical (unpaired) electrons. The van der Waals surface area contributed by atoms with Gasteiger partial charge in [0.1, 0.15) is 0 Å². The molecule has 2 heteroatoms. The van der Waals surface area contributed by atoms with Gasteiger partial charge in [-0.2, -0.15) is 0 Å². The first-order valence-electron chi connectivity index (χ1n) is 7.57. The predicted octanol–water partition coefficient (Wildman–Crippen LogP) is 4.56. The SMILES string of the molecule is CCC=CCC=CCC/C=C/C=C/C(=O)NCC(C)C. The lowest BCUT2D eigenvalue weighted by Crippen LogP contribution is -2.25. The first kappa shape index (κ1) is 18.4. The Balaban J connectivity index is 3.60. The lowest BCUT2D eigenvalue weighted by molar-refractivity contribution is -0.116. The van der Waals surface area contributed by atoms with E-state index in [4.69, 9.17) is 0 Å². The summed E-state index contributed by atoms with van der Waals surface area (Å²) in [6.45, 7) is 7.02. The van der Waals surface area contributed by atoms with Gasteiger partial charge >= 0.3 is 0 Å². The van der Waals surface area contributed by atoms with Gasteiger partial charge in [-0.25, -0.2) is 0 Å². The summed E-state index contributed by atoms with van der Waals surface area (Å²) in [6, 6.07) is 0. The molecular formula is C18H29NO. The molecule has 0 aliphatic rings. The van der Waals surface area contributed by atoms with Crippen LogP contribution in [-0.2, 0) is 4.79 Å². The van der Waals surface area contributed by atoms with Crippen LogP contribution in [0.5, 0.6) is 0 Å². The highest BCUT2D eigenvalue weighted by Gasteiger charge is 1.95. The van der Waals surface area contributed by atoms with Crippen LogP contribution in [0.1, 0.15) is 46.5 Å². The molecule has 0 atom stereocenters. The van der Waals surface area contributed by atoms with E-state index in [9.17, 15) is 4.79 Å². The third-order valence-electron chi connectivity index (χ3n) is 2.52. The van der Waals surface area contributed by atoms with Gasteiger partial charge in [0.15, 0.2) is 0 Å². The van der Waals surface area contributed by atoms with E-state index in [0.29, 0.717) is 5.92 Å². The minimum Gasteiger partial charge on any atom is -0.352 e. The first-order valence-corrected chi connectivity index (χ1v) is 7.57. The first-order chi connectivity index (χ1) is 9.66. The van der Waals surface area contributed by atoms with Crippen LogP contribution in [0.3, 0.4) is 0 Å². The molecule has 0 aromatic carbocycles. The molecule has 1 amide bonds. The monoisotopic (exact) mass is 275 g/mol. The van der Waals surface area contributed by atoms with Gasteiger partial charge in [0.2, 0.25) is 5.91 Å². The number of carbonyl (C=O) groups excluding carboxylic acids is 1. The fourth-order valence-electron chi connectivity index (χ4n) is 1.43. The Hall–Kier alpha value is -1.57. The number of allylic oxidation sites excluding steroid dienone is 7. The lowest BCUT2D eigenvalue weighted by Gasteiger charge is -2.03. The van der Waals surface area contributed by atoms with Crippen molar-refractivity contribution in [3.8, 4) is 0 Å². The van der Waals surface area contributed by atoms with Crippen molar-refractivity contribution in [2.24, 2.45) is 5.92 Å². The Morgan fingerprint density at radius 3 is 2.40 bits per heavy atom. The van der Waals surface area contributed by atoms with E-state index < -0.39 is 0 Å². The fourth-order valence-corrected chi connectivity index (χ4v) is 1.43. The maximum atomic E-state index is 11.4. The third kappa shape index (κ3) is 14.5. The Bertz CT molecular complexity index is 348. The van der Waals surface area contributed by atoms with E-state index in [1.165, 1.54) is 0 Å². The molecule has 20 heavy (non-hydrogen) atoms. The van der Waals surface area contributed by atoms with Gasteiger partial charge in [-0.15, -0.1) is 0 Å². The van der Waals surface area contributed by atoms with Crippen LogP contribution < -0.4 is 5.32 Å². The van der Waals surface area contributed by atoms with Crippen LogP contribution in [0.4, 0.5) is 0 Å². The Kier molecular flexibility index (Phi) is 12.8. The summed E-state index contributed by atoms with van der Waals surface area (Å²) in [6.07, 6.45) is 20.3. The number of hydrogen-bond acceptors (Lipinski definition) is 1. The second kappa shape index (κ2) is 13.9. The van der Waals surface area contributed by atoms with Gasteiger partial charge < -0.3 is 5.32 Å². The van der Waals surface area contributed by atoms with Crippen LogP contribution in [0, 0.1) is 5.92 Å². The van der Waals surface area contributed by atoms with Gasteiger partial charge in [0.05, 0.1) is 0 Å². The number of hydrogen-bond donors (Lipinski definition) is 1. The minimum atomic E-state index is -0.0223. The summed E-state index contributed by atoms with van der Waals surface area (Å²) in [4.78, 5) is 11.4. The molecule has 2 nitrogen and oxygen atoms in total.